The van der Waals surface area contributed by atoms with Crippen LogP contribution in [-0.2, 0) is 0 Å². The van der Waals surface area contributed by atoms with Crippen molar-refractivity contribution >= 4 is 10.9 Å². The van der Waals surface area contributed by atoms with Crippen LogP contribution in [-0.4, -0.2) is 10.6 Å². The van der Waals surface area contributed by atoms with Gasteiger partial charge in [0.05, 0.1) is 11.1 Å². The first-order valence-corrected chi connectivity index (χ1v) is 5.52. The number of para-hydroxylation sites is 1. The second-order valence-corrected chi connectivity index (χ2v) is 4.39. The van der Waals surface area contributed by atoms with E-state index in [0.717, 1.165) is 10.9 Å². The number of ether oxygens (including phenoxy) is 1. The lowest BCUT2D eigenvalue weighted by Crippen LogP contribution is -2.26. The molecule has 0 aliphatic rings. The number of hydrogen-bond donors (Lipinski definition) is 0. The van der Waals surface area contributed by atoms with E-state index in [1.54, 1.807) is 19.9 Å². The summed E-state index contributed by atoms with van der Waals surface area (Å²) in [7, 11) is 0. The molecule has 1 aromatic carbocycles. The molecular weight excluding hydrogens is 224 g/mol. The van der Waals surface area contributed by atoms with Crippen LogP contribution in [0.3, 0.4) is 0 Å². The molecule has 1 aromatic heterocycles. The van der Waals surface area contributed by atoms with Crippen molar-refractivity contribution in [2.75, 3.05) is 0 Å². The Morgan fingerprint density at radius 1 is 1.33 bits per heavy atom. The van der Waals surface area contributed by atoms with Crippen LogP contribution in [0.5, 0.6) is 5.88 Å². The molecular formula is C15H12N2O. The summed E-state index contributed by atoms with van der Waals surface area (Å²) in [5, 5.41) is 9.95. The molecule has 3 nitrogen and oxygen atoms in total. The Morgan fingerprint density at radius 2 is 2.06 bits per heavy atom. The van der Waals surface area contributed by atoms with E-state index in [0.29, 0.717) is 11.4 Å². The molecule has 18 heavy (non-hydrogen) atoms. The van der Waals surface area contributed by atoms with E-state index in [1.165, 1.54) is 0 Å². The molecule has 0 bridgehead atoms. The van der Waals surface area contributed by atoms with Gasteiger partial charge in [0.25, 0.3) is 0 Å². The first-order valence-electron chi connectivity index (χ1n) is 5.52. The first kappa shape index (κ1) is 12.0. The Balaban J connectivity index is 2.56. The molecule has 2 rings (SSSR count). The molecule has 0 N–H and O–H groups in total. The molecule has 0 atom stereocenters. The van der Waals surface area contributed by atoms with Gasteiger partial charge in [0.1, 0.15) is 6.07 Å². The molecule has 0 fully saturated rings. The summed E-state index contributed by atoms with van der Waals surface area (Å²) in [6.07, 6.45) is 5.37. The van der Waals surface area contributed by atoms with Gasteiger partial charge >= 0.3 is 0 Å². The van der Waals surface area contributed by atoms with Crippen molar-refractivity contribution in [2.45, 2.75) is 19.4 Å². The summed E-state index contributed by atoms with van der Waals surface area (Å²) in [6, 6.07) is 11.2. The highest BCUT2D eigenvalue weighted by atomic mass is 16.5. The Labute approximate surface area is 106 Å². The summed E-state index contributed by atoms with van der Waals surface area (Å²) in [5.41, 5.74) is 0.505. The zero-order valence-corrected chi connectivity index (χ0v) is 10.3. The third-order valence-electron chi connectivity index (χ3n) is 2.52. The third-order valence-corrected chi connectivity index (χ3v) is 2.52. The van der Waals surface area contributed by atoms with Crippen molar-refractivity contribution in [1.29, 1.82) is 5.26 Å². The molecule has 0 radical (unpaired) electrons. The van der Waals surface area contributed by atoms with Crippen LogP contribution in [0.15, 0.2) is 30.3 Å². The van der Waals surface area contributed by atoms with Crippen molar-refractivity contribution < 1.29 is 4.74 Å². The molecule has 0 amide bonds. The normalized spacial score (nSPS) is 10.7. The van der Waals surface area contributed by atoms with Crippen LogP contribution in [0.2, 0.25) is 0 Å². The van der Waals surface area contributed by atoms with Crippen LogP contribution in [0, 0.1) is 23.7 Å². The van der Waals surface area contributed by atoms with Gasteiger partial charge in [0.2, 0.25) is 5.88 Å². The maximum atomic E-state index is 9.14. The van der Waals surface area contributed by atoms with E-state index in [1.807, 2.05) is 24.3 Å². The maximum Gasteiger partial charge on any atom is 0.216 e. The minimum Gasteiger partial charge on any atom is -0.458 e. The first-order chi connectivity index (χ1) is 8.55. The van der Waals surface area contributed by atoms with E-state index in [2.05, 4.69) is 17.0 Å². The quantitative estimate of drug-likeness (QED) is 0.753. The van der Waals surface area contributed by atoms with Gasteiger partial charge in [-0.25, -0.2) is 4.98 Å². The van der Waals surface area contributed by atoms with E-state index in [4.69, 9.17) is 16.4 Å². The number of pyridine rings is 1. The van der Waals surface area contributed by atoms with Crippen LogP contribution in [0.4, 0.5) is 0 Å². The smallest absolute Gasteiger partial charge is 0.216 e. The molecule has 0 unspecified atom stereocenters. The number of nitrogens with zero attached hydrogens (tertiary/aromatic N) is 2. The van der Waals surface area contributed by atoms with E-state index in [-0.39, 0.29) is 0 Å². The zero-order chi connectivity index (χ0) is 13.2. The molecule has 0 aliphatic carbocycles. The highest BCUT2D eigenvalue weighted by molar-refractivity contribution is 5.85. The highest BCUT2D eigenvalue weighted by Gasteiger charge is 2.17. The maximum absolute atomic E-state index is 9.14. The van der Waals surface area contributed by atoms with Gasteiger partial charge < -0.3 is 4.74 Å². The molecule has 0 saturated heterocycles. The Kier molecular flexibility index (Phi) is 2.92. The molecule has 2 aromatic rings. The fourth-order valence-electron chi connectivity index (χ4n) is 1.59. The average Bonchev–Trinajstić information content (AvgIpc) is 2.37. The SMILES string of the molecule is C#CC(C)(C)Oc1cc(C#N)c2ccccc2n1. The minimum absolute atomic E-state index is 0.369. The van der Waals surface area contributed by atoms with E-state index < -0.39 is 5.60 Å². The number of hydrogen-bond acceptors (Lipinski definition) is 3. The number of fused-ring (bicyclic) bond motifs is 1. The zero-order valence-electron chi connectivity index (χ0n) is 10.3. The lowest BCUT2D eigenvalue weighted by molar-refractivity contribution is 0.165. The summed E-state index contributed by atoms with van der Waals surface area (Å²) < 4.78 is 5.60. The average molecular weight is 236 g/mol. The van der Waals surface area contributed by atoms with E-state index >= 15 is 0 Å². The second-order valence-electron chi connectivity index (χ2n) is 4.39. The molecule has 0 aliphatic heterocycles. The second kappa shape index (κ2) is 4.39. The van der Waals surface area contributed by atoms with Gasteiger partial charge in [-0.05, 0) is 19.9 Å². The minimum atomic E-state index is -0.748. The van der Waals surface area contributed by atoms with Crippen LogP contribution in [0.1, 0.15) is 19.4 Å². The number of nitriles is 1. The fraction of sp³-hybridized carbons (Fsp3) is 0.200. The van der Waals surface area contributed by atoms with Gasteiger partial charge in [-0.15, -0.1) is 6.42 Å². The monoisotopic (exact) mass is 236 g/mol. The van der Waals surface area contributed by atoms with Crippen LogP contribution < -0.4 is 4.74 Å². The van der Waals surface area contributed by atoms with Crippen molar-refractivity contribution in [3.63, 3.8) is 0 Å². The summed E-state index contributed by atoms with van der Waals surface area (Å²) in [5.74, 6) is 2.90. The molecule has 0 spiro atoms. The lowest BCUT2D eigenvalue weighted by atomic mass is 10.1. The van der Waals surface area contributed by atoms with Crippen LogP contribution in [0.25, 0.3) is 10.9 Å². The summed E-state index contributed by atoms with van der Waals surface area (Å²) >= 11 is 0. The standard InChI is InChI=1S/C15H12N2O/c1-4-15(2,3)18-14-9-11(10-16)12-7-5-6-8-13(12)17-14/h1,5-9H,2-3H3. The largest absolute Gasteiger partial charge is 0.458 e. The third kappa shape index (κ3) is 2.26. The van der Waals surface area contributed by atoms with Gasteiger partial charge in [0, 0.05) is 11.5 Å². The topological polar surface area (TPSA) is 45.9 Å². The predicted molar refractivity (Wildman–Crippen MR) is 70.0 cm³/mol. The van der Waals surface area contributed by atoms with Gasteiger partial charge in [-0.1, -0.05) is 24.1 Å². The van der Waals surface area contributed by atoms with Crippen molar-refractivity contribution in [1.82, 2.24) is 4.98 Å². The Hall–Kier alpha value is -2.52. The van der Waals surface area contributed by atoms with Crippen LogP contribution >= 0.6 is 0 Å². The number of terminal acetylenes is 1. The number of benzene rings is 1. The molecule has 1 heterocycles. The van der Waals surface area contributed by atoms with Crippen molar-refractivity contribution in [3.05, 3.63) is 35.9 Å². The lowest BCUT2D eigenvalue weighted by Gasteiger charge is -2.19. The van der Waals surface area contributed by atoms with Gasteiger partial charge in [0.15, 0.2) is 5.60 Å². The molecule has 88 valence electrons. The van der Waals surface area contributed by atoms with Gasteiger partial charge in [-0.2, -0.15) is 5.26 Å². The Bertz CT molecular complexity index is 675. The van der Waals surface area contributed by atoms with Gasteiger partial charge in [-0.3, -0.25) is 0 Å². The molecule has 3 heteroatoms. The summed E-state index contributed by atoms with van der Waals surface area (Å²) in [4.78, 5) is 4.35. The number of aromatic nitrogens is 1. The summed E-state index contributed by atoms with van der Waals surface area (Å²) in [6.45, 7) is 3.55. The van der Waals surface area contributed by atoms with Crippen molar-refractivity contribution in [2.24, 2.45) is 0 Å². The number of rotatable bonds is 2. The predicted octanol–water partition coefficient (Wildman–Crippen LogP) is 2.90. The fourth-order valence-corrected chi connectivity index (χ4v) is 1.59. The molecule has 0 saturated carbocycles. The Morgan fingerprint density at radius 3 is 2.72 bits per heavy atom. The highest BCUT2D eigenvalue weighted by Crippen LogP contribution is 2.23. The van der Waals surface area contributed by atoms with E-state index in [9.17, 15) is 0 Å². The van der Waals surface area contributed by atoms with Crippen molar-refractivity contribution in [3.8, 4) is 24.3 Å².